The molecular formula is C24H28Cl2N2O5S. The molecule has 2 saturated heterocycles. The third-order valence-corrected chi connectivity index (χ3v) is 8.64. The average Bonchev–Trinajstić information content (AvgIpc) is 2.84. The second kappa shape index (κ2) is 10.8. The number of carbonyl (C=O) groups is 1. The lowest BCUT2D eigenvalue weighted by Gasteiger charge is -2.42. The van der Waals surface area contributed by atoms with E-state index in [0.29, 0.717) is 61.5 Å². The number of hydrogen-bond acceptors (Lipinski definition) is 5. The number of morpholine rings is 1. The van der Waals surface area contributed by atoms with Crippen molar-refractivity contribution >= 4 is 39.1 Å². The molecule has 4 rings (SSSR count). The van der Waals surface area contributed by atoms with Crippen LogP contribution in [0.4, 0.5) is 0 Å². The second-order valence-electron chi connectivity index (χ2n) is 8.81. The standard InChI is InChI=1S/C24H28Cl2N2O5S/c25-19-5-7-21(8-6-19)33-18-24(16-23(29)27-11-13-32-14-12-27)9-2-10-28(17-24)34(30,31)22-4-1-3-20(26)15-22/h1,3-8,15H,2,9-14,16-18H2/t24-/m1/s1. The van der Waals surface area contributed by atoms with Gasteiger partial charge in [-0.15, -0.1) is 0 Å². The molecule has 10 heteroatoms. The number of benzene rings is 2. The summed E-state index contributed by atoms with van der Waals surface area (Å²) in [4.78, 5) is 15.1. The van der Waals surface area contributed by atoms with E-state index in [1.807, 2.05) is 0 Å². The molecule has 0 unspecified atom stereocenters. The van der Waals surface area contributed by atoms with E-state index in [4.69, 9.17) is 32.7 Å². The van der Waals surface area contributed by atoms with Crippen LogP contribution in [0.2, 0.25) is 10.0 Å². The van der Waals surface area contributed by atoms with Gasteiger partial charge < -0.3 is 14.4 Å². The summed E-state index contributed by atoms with van der Waals surface area (Å²) in [5.74, 6) is 0.613. The van der Waals surface area contributed by atoms with Gasteiger partial charge in [-0.25, -0.2) is 8.42 Å². The van der Waals surface area contributed by atoms with Crippen molar-refractivity contribution in [1.82, 2.24) is 9.21 Å². The number of hydrogen-bond donors (Lipinski definition) is 0. The number of nitrogens with zero attached hydrogens (tertiary/aromatic N) is 2. The summed E-state index contributed by atoms with van der Waals surface area (Å²) < 4.78 is 39.8. The topological polar surface area (TPSA) is 76.2 Å². The minimum Gasteiger partial charge on any atom is -0.493 e. The zero-order chi connectivity index (χ0) is 24.2. The Bertz CT molecular complexity index is 1110. The quantitative estimate of drug-likeness (QED) is 0.542. The molecule has 1 amide bonds. The number of amides is 1. The predicted molar refractivity (Wildman–Crippen MR) is 131 cm³/mol. The van der Waals surface area contributed by atoms with E-state index in [9.17, 15) is 13.2 Å². The summed E-state index contributed by atoms with van der Waals surface area (Å²) in [7, 11) is -3.77. The van der Waals surface area contributed by atoms with Gasteiger partial charge in [0.05, 0.1) is 24.7 Å². The lowest BCUT2D eigenvalue weighted by atomic mass is 9.78. The van der Waals surface area contributed by atoms with Gasteiger partial charge in [-0.2, -0.15) is 4.31 Å². The summed E-state index contributed by atoms with van der Waals surface area (Å²) >= 11 is 12.0. The van der Waals surface area contributed by atoms with Crippen molar-refractivity contribution in [3.05, 3.63) is 58.6 Å². The number of carbonyl (C=O) groups excluding carboxylic acids is 1. The molecular weight excluding hydrogens is 499 g/mol. The third-order valence-electron chi connectivity index (χ3n) is 6.31. The third kappa shape index (κ3) is 6.04. The maximum Gasteiger partial charge on any atom is 0.243 e. The Morgan fingerprint density at radius 1 is 1.03 bits per heavy atom. The van der Waals surface area contributed by atoms with E-state index in [1.54, 1.807) is 47.4 Å². The van der Waals surface area contributed by atoms with Crippen LogP contribution in [0.25, 0.3) is 0 Å². The molecule has 0 N–H and O–H groups in total. The SMILES string of the molecule is O=C(C[C@]1(COc2ccc(Cl)cc2)CCCN(S(=O)(=O)c2cccc(Cl)c2)C1)N1CCOCC1. The van der Waals surface area contributed by atoms with Crippen LogP contribution in [0.15, 0.2) is 53.4 Å². The smallest absolute Gasteiger partial charge is 0.243 e. The number of rotatable bonds is 7. The van der Waals surface area contributed by atoms with Gasteiger partial charge in [-0.3, -0.25) is 4.79 Å². The van der Waals surface area contributed by atoms with Gasteiger partial charge >= 0.3 is 0 Å². The van der Waals surface area contributed by atoms with Gasteiger partial charge in [-0.05, 0) is 55.3 Å². The van der Waals surface area contributed by atoms with E-state index < -0.39 is 15.4 Å². The molecule has 2 aromatic carbocycles. The first-order chi connectivity index (χ1) is 16.3. The number of ether oxygens (including phenoxy) is 2. The molecule has 0 saturated carbocycles. The maximum atomic E-state index is 13.4. The van der Waals surface area contributed by atoms with Gasteiger partial charge in [0, 0.05) is 48.1 Å². The van der Waals surface area contributed by atoms with Crippen LogP contribution in [0.5, 0.6) is 5.75 Å². The zero-order valence-electron chi connectivity index (χ0n) is 18.8. The first-order valence-corrected chi connectivity index (χ1v) is 13.5. The van der Waals surface area contributed by atoms with E-state index in [1.165, 1.54) is 10.4 Å². The van der Waals surface area contributed by atoms with Gasteiger partial charge in [0.1, 0.15) is 5.75 Å². The number of sulfonamides is 1. The molecule has 0 bridgehead atoms. The highest BCUT2D eigenvalue weighted by Crippen LogP contribution is 2.37. The summed E-state index contributed by atoms with van der Waals surface area (Å²) in [5, 5.41) is 0.957. The van der Waals surface area contributed by atoms with Crippen LogP contribution in [-0.2, 0) is 19.6 Å². The lowest BCUT2D eigenvalue weighted by Crippen LogP contribution is -2.51. The Morgan fingerprint density at radius 2 is 1.76 bits per heavy atom. The molecule has 0 spiro atoms. The Morgan fingerprint density at radius 3 is 2.47 bits per heavy atom. The highest BCUT2D eigenvalue weighted by atomic mass is 35.5. The first-order valence-electron chi connectivity index (χ1n) is 11.3. The van der Waals surface area contributed by atoms with Crippen molar-refractivity contribution < 1.29 is 22.7 Å². The molecule has 34 heavy (non-hydrogen) atoms. The fraction of sp³-hybridized carbons (Fsp3) is 0.458. The van der Waals surface area contributed by atoms with Crippen LogP contribution in [0.3, 0.4) is 0 Å². The molecule has 2 heterocycles. The molecule has 2 aliphatic rings. The van der Waals surface area contributed by atoms with E-state index in [2.05, 4.69) is 0 Å². The molecule has 184 valence electrons. The predicted octanol–water partition coefficient (Wildman–Crippen LogP) is 4.09. The summed E-state index contributed by atoms with van der Waals surface area (Å²) in [6.45, 7) is 2.88. The van der Waals surface area contributed by atoms with Gasteiger partial charge in [-0.1, -0.05) is 29.3 Å². The number of piperidine rings is 1. The van der Waals surface area contributed by atoms with Crippen molar-refractivity contribution in [3.63, 3.8) is 0 Å². The van der Waals surface area contributed by atoms with Crippen LogP contribution in [-0.4, -0.2) is 69.5 Å². The minimum absolute atomic E-state index is 0.00925. The Kier molecular flexibility index (Phi) is 8.05. The molecule has 2 fully saturated rings. The van der Waals surface area contributed by atoms with Crippen LogP contribution in [0, 0.1) is 5.41 Å². The second-order valence-corrected chi connectivity index (χ2v) is 11.6. The largest absolute Gasteiger partial charge is 0.493 e. The minimum atomic E-state index is -3.77. The highest BCUT2D eigenvalue weighted by Gasteiger charge is 2.43. The van der Waals surface area contributed by atoms with Crippen molar-refractivity contribution in [2.75, 3.05) is 46.0 Å². The van der Waals surface area contributed by atoms with E-state index in [0.717, 1.165) is 0 Å². The van der Waals surface area contributed by atoms with Crippen molar-refractivity contribution in [2.24, 2.45) is 5.41 Å². The van der Waals surface area contributed by atoms with Crippen LogP contribution < -0.4 is 4.74 Å². The van der Waals surface area contributed by atoms with E-state index in [-0.39, 0.29) is 30.4 Å². The fourth-order valence-corrected chi connectivity index (χ4v) is 6.49. The van der Waals surface area contributed by atoms with Crippen molar-refractivity contribution in [3.8, 4) is 5.75 Å². The highest BCUT2D eigenvalue weighted by molar-refractivity contribution is 7.89. The van der Waals surface area contributed by atoms with Gasteiger partial charge in [0.15, 0.2) is 0 Å². The Balaban J connectivity index is 1.58. The molecule has 1 atom stereocenters. The molecule has 2 aliphatic heterocycles. The van der Waals surface area contributed by atoms with Gasteiger partial charge in [0.25, 0.3) is 0 Å². The monoisotopic (exact) mass is 526 g/mol. The van der Waals surface area contributed by atoms with Crippen molar-refractivity contribution in [2.45, 2.75) is 24.2 Å². The normalized spacial score (nSPS) is 21.9. The Labute approximate surface area is 210 Å². The summed E-state index contributed by atoms with van der Waals surface area (Å²) in [6, 6.07) is 13.3. The lowest BCUT2D eigenvalue weighted by molar-refractivity contribution is -0.139. The molecule has 0 radical (unpaired) electrons. The summed E-state index contributed by atoms with van der Waals surface area (Å²) in [5.41, 5.74) is -0.668. The summed E-state index contributed by atoms with van der Waals surface area (Å²) in [6.07, 6.45) is 1.50. The molecule has 7 nitrogen and oxygen atoms in total. The molecule has 0 aromatic heterocycles. The fourth-order valence-electron chi connectivity index (χ4n) is 4.47. The average molecular weight is 527 g/mol. The van der Waals surface area contributed by atoms with Gasteiger partial charge in [0.2, 0.25) is 15.9 Å². The number of halogens is 2. The molecule has 0 aliphatic carbocycles. The molecule has 2 aromatic rings. The van der Waals surface area contributed by atoms with Crippen LogP contribution in [0.1, 0.15) is 19.3 Å². The van der Waals surface area contributed by atoms with E-state index >= 15 is 0 Å². The maximum absolute atomic E-state index is 13.4. The van der Waals surface area contributed by atoms with Crippen molar-refractivity contribution in [1.29, 1.82) is 0 Å². The van der Waals surface area contributed by atoms with Crippen LogP contribution >= 0.6 is 23.2 Å². The first kappa shape index (κ1) is 25.3. The zero-order valence-corrected chi connectivity index (χ0v) is 21.1. The Hall–Kier alpha value is -1.84.